The van der Waals surface area contributed by atoms with Gasteiger partial charge in [0.15, 0.2) is 0 Å². The van der Waals surface area contributed by atoms with E-state index in [-0.39, 0.29) is 11.8 Å². The van der Waals surface area contributed by atoms with E-state index in [1.54, 1.807) is 7.11 Å². The van der Waals surface area contributed by atoms with Gasteiger partial charge in [0.05, 0.1) is 12.7 Å². The topological polar surface area (TPSA) is 60.9 Å². The van der Waals surface area contributed by atoms with Crippen molar-refractivity contribution >= 4 is 27.7 Å². The number of rotatable bonds is 9. The molecule has 0 saturated carbocycles. The van der Waals surface area contributed by atoms with Crippen LogP contribution in [0.1, 0.15) is 34.3 Å². The number of pyridine rings is 1. The van der Waals surface area contributed by atoms with Gasteiger partial charge >= 0.3 is 0 Å². The lowest BCUT2D eigenvalue weighted by molar-refractivity contribution is 0.0629. The molecule has 1 aromatic heterocycles. The van der Waals surface area contributed by atoms with Crippen molar-refractivity contribution in [3.05, 3.63) is 75.9 Å². The van der Waals surface area contributed by atoms with E-state index < -0.39 is 0 Å². The molecule has 8 heteroatoms. The molecule has 1 aliphatic rings. The van der Waals surface area contributed by atoms with Gasteiger partial charge in [-0.15, -0.1) is 0 Å². The Bertz CT molecular complexity index is 1260. The van der Waals surface area contributed by atoms with E-state index in [0.29, 0.717) is 5.56 Å². The monoisotopic (exact) mass is 579 g/mol. The average Bonchev–Trinajstić information content (AvgIpc) is 2.95. The quantitative estimate of drug-likeness (QED) is 0.383. The van der Waals surface area contributed by atoms with Crippen molar-refractivity contribution < 1.29 is 9.53 Å². The molecular weight excluding hydrogens is 542 g/mol. The molecule has 1 saturated heterocycles. The average molecular weight is 581 g/mol. The number of carbonyl (C=O) groups excluding carboxylic acids is 1. The highest BCUT2D eigenvalue weighted by Gasteiger charge is 2.24. The summed E-state index contributed by atoms with van der Waals surface area (Å²) in [7, 11) is 7.77. The molecule has 1 N–H and O–H groups in total. The molecule has 202 valence electrons. The standard InChI is InChI=1S/C30H38BrN5O2/c1-21(24-8-6-7-9-28(24)38-5)25-19-23(20-33-29(25)32-2)22-10-11-27(31)26(18-22)30(37)36-16-14-35(15-17-36)13-12-34(3)4/h6-11,18-21H,12-17H2,1-5H3,(H,32,33). The van der Waals surface area contributed by atoms with E-state index in [0.717, 1.165) is 77.6 Å². The van der Waals surface area contributed by atoms with Crippen LogP contribution in [-0.2, 0) is 0 Å². The minimum atomic E-state index is 0.0568. The van der Waals surface area contributed by atoms with E-state index in [1.807, 2.05) is 54.5 Å². The maximum Gasteiger partial charge on any atom is 0.255 e. The molecule has 1 unspecified atom stereocenters. The predicted molar refractivity (Wildman–Crippen MR) is 158 cm³/mol. The number of piperazine rings is 1. The predicted octanol–water partition coefficient (Wildman–Crippen LogP) is 5.03. The highest BCUT2D eigenvalue weighted by Crippen LogP contribution is 2.37. The third-order valence-corrected chi connectivity index (χ3v) is 7.97. The molecule has 1 amide bonds. The number of anilines is 1. The van der Waals surface area contributed by atoms with Crippen LogP contribution in [0.3, 0.4) is 0 Å². The minimum Gasteiger partial charge on any atom is -0.496 e. The second-order valence-corrected chi connectivity index (χ2v) is 10.9. The second-order valence-electron chi connectivity index (χ2n) is 10.0. The van der Waals surface area contributed by atoms with Gasteiger partial charge in [0, 0.05) is 79.6 Å². The summed E-state index contributed by atoms with van der Waals surface area (Å²) >= 11 is 3.63. The number of para-hydroxylation sites is 1. The van der Waals surface area contributed by atoms with Gasteiger partial charge in [0.25, 0.3) is 5.91 Å². The molecule has 1 atom stereocenters. The molecule has 3 aromatic rings. The summed E-state index contributed by atoms with van der Waals surface area (Å²) in [4.78, 5) is 24.9. The Labute approximate surface area is 234 Å². The van der Waals surface area contributed by atoms with Crippen LogP contribution in [0.25, 0.3) is 11.1 Å². The molecular formula is C30H38BrN5O2. The van der Waals surface area contributed by atoms with Crippen LogP contribution in [0, 0.1) is 0 Å². The van der Waals surface area contributed by atoms with Crippen LogP contribution < -0.4 is 10.1 Å². The van der Waals surface area contributed by atoms with E-state index in [4.69, 9.17) is 9.72 Å². The van der Waals surface area contributed by atoms with Crippen LogP contribution >= 0.6 is 15.9 Å². The molecule has 0 aliphatic carbocycles. The second kappa shape index (κ2) is 12.7. The smallest absolute Gasteiger partial charge is 0.255 e. The lowest BCUT2D eigenvalue weighted by Gasteiger charge is -2.35. The summed E-state index contributed by atoms with van der Waals surface area (Å²) in [5.41, 5.74) is 4.78. The van der Waals surface area contributed by atoms with Crippen molar-refractivity contribution in [1.29, 1.82) is 0 Å². The number of halogens is 1. The largest absolute Gasteiger partial charge is 0.496 e. The molecule has 38 heavy (non-hydrogen) atoms. The number of carbonyl (C=O) groups is 1. The zero-order chi connectivity index (χ0) is 27.2. The summed E-state index contributed by atoms with van der Waals surface area (Å²) < 4.78 is 6.44. The molecule has 1 aliphatic heterocycles. The van der Waals surface area contributed by atoms with Crippen molar-refractivity contribution in [3.63, 3.8) is 0 Å². The SMILES string of the molecule is CNc1ncc(-c2ccc(Br)c(C(=O)N3CCN(CCN(C)C)CC3)c2)cc1C(C)c1ccccc1OC. The molecule has 0 bridgehead atoms. The third-order valence-electron chi connectivity index (χ3n) is 7.28. The fraction of sp³-hybridized carbons (Fsp3) is 0.400. The Balaban J connectivity index is 1.58. The Morgan fingerprint density at radius 3 is 2.50 bits per heavy atom. The Morgan fingerprint density at radius 1 is 1.08 bits per heavy atom. The Kier molecular flexibility index (Phi) is 9.41. The van der Waals surface area contributed by atoms with Crippen LogP contribution in [0.2, 0.25) is 0 Å². The summed E-state index contributed by atoms with van der Waals surface area (Å²) in [6.45, 7) is 7.49. The van der Waals surface area contributed by atoms with E-state index in [9.17, 15) is 4.79 Å². The van der Waals surface area contributed by atoms with Crippen LogP contribution in [0.15, 0.2) is 59.2 Å². The molecule has 4 rings (SSSR count). The number of amides is 1. The van der Waals surface area contributed by atoms with Crippen LogP contribution in [0.4, 0.5) is 5.82 Å². The number of nitrogens with one attached hydrogen (secondary N) is 1. The minimum absolute atomic E-state index is 0.0568. The van der Waals surface area contributed by atoms with Gasteiger partial charge in [0.2, 0.25) is 0 Å². The van der Waals surface area contributed by atoms with Crippen molar-refractivity contribution in [3.8, 4) is 16.9 Å². The van der Waals surface area contributed by atoms with Gasteiger partial charge < -0.3 is 19.9 Å². The summed E-state index contributed by atoms with van der Waals surface area (Å²) in [5, 5.41) is 3.24. The highest BCUT2D eigenvalue weighted by molar-refractivity contribution is 9.10. The lowest BCUT2D eigenvalue weighted by Crippen LogP contribution is -2.50. The number of hydrogen-bond acceptors (Lipinski definition) is 6. The van der Waals surface area contributed by atoms with E-state index >= 15 is 0 Å². The molecule has 0 spiro atoms. The van der Waals surface area contributed by atoms with Crippen LogP contribution in [0.5, 0.6) is 5.75 Å². The molecule has 2 aromatic carbocycles. The first-order chi connectivity index (χ1) is 18.3. The third kappa shape index (κ3) is 6.37. The zero-order valence-corrected chi connectivity index (χ0v) is 24.6. The number of benzene rings is 2. The Hall–Kier alpha value is -2.94. The number of aromatic nitrogens is 1. The normalized spacial score (nSPS) is 15.0. The lowest BCUT2D eigenvalue weighted by atomic mass is 9.90. The molecule has 7 nitrogen and oxygen atoms in total. The summed E-state index contributed by atoms with van der Waals surface area (Å²) in [6, 6.07) is 16.2. The fourth-order valence-corrected chi connectivity index (χ4v) is 5.34. The molecule has 2 heterocycles. The van der Waals surface area contributed by atoms with Crippen LogP contribution in [-0.4, -0.2) is 93.1 Å². The maximum atomic E-state index is 13.5. The van der Waals surface area contributed by atoms with Gasteiger partial charge in [-0.25, -0.2) is 4.98 Å². The number of methoxy groups -OCH3 is 1. The fourth-order valence-electron chi connectivity index (χ4n) is 4.93. The highest BCUT2D eigenvalue weighted by atomic mass is 79.9. The zero-order valence-electron chi connectivity index (χ0n) is 23.0. The van der Waals surface area contributed by atoms with Crippen molar-refractivity contribution in [2.75, 3.05) is 72.8 Å². The molecule has 0 radical (unpaired) electrons. The number of nitrogens with zero attached hydrogens (tertiary/aromatic N) is 4. The number of hydrogen-bond donors (Lipinski definition) is 1. The first kappa shape index (κ1) is 28.1. The van der Waals surface area contributed by atoms with Crippen molar-refractivity contribution in [2.24, 2.45) is 0 Å². The number of ether oxygens (including phenoxy) is 1. The van der Waals surface area contributed by atoms with Crippen molar-refractivity contribution in [2.45, 2.75) is 12.8 Å². The number of likely N-dealkylation sites (N-methyl/N-ethyl adjacent to an activating group) is 1. The first-order valence-electron chi connectivity index (χ1n) is 13.1. The summed E-state index contributed by atoms with van der Waals surface area (Å²) in [5.74, 6) is 1.80. The van der Waals surface area contributed by atoms with E-state index in [1.165, 1.54) is 0 Å². The van der Waals surface area contributed by atoms with Gasteiger partial charge in [-0.2, -0.15) is 0 Å². The van der Waals surface area contributed by atoms with Gasteiger partial charge in [-0.1, -0.05) is 31.2 Å². The Morgan fingerprint density at radius 2 is 1.82 bits per heavy atom. The van der Waals surface area contributed by atoms with Crippen molar-refractivity contribution in [1.82, 2.24) is 19.7 Å². The van der Waals surface area contributed by atoms with Gasteiger partial charge in [0.1, 0.15) is 11.6 Å². The first-order valence-corrected chi connectivity index (χ1v) is 13.9. The van der Waals surface area contributed by atoms with Gasteiger partial charge in [-0.05, 0) is 59.9 Å². The maximum absolute atomic E-state index is 13.5. The van der Waals surface area contributed by atoms with E-state index in [2.05, 4.69) is 64.2 Å². The van der Waals surface area contributed by atoms with Gasteiger partial charge in [-0.3, -0.25) is 9.69 Å². The molecule has 1 fully saturated rings. The summed E-state index contributed by atoms with van der Waals surface area (Å²) in [6.07, 6.45) is 1.87.